The highest BCUT2D eigenvalue weighted by Crippen LogP contribution is 1.83. The summed E-state index contributed by atoms with van der Waals surface area (Å²) in [5, 5.41) is 0. The van der Waals surface area contributed by atoms with Gasteiger partial charge >= 0.3 is 10.3 Å². The number of methoxy groups -OCH3 is 1. The van der Waals surface area contributed by atoms with Gasteiger partial charge in [0, 0.05) is 7.11 Å². The lowest BCUT2D eigenvalue weighted by molar-refractivity contribution is 0.107. The summed E-state index contributed by atoms with van der Waals surface area (Å²) < 4.78 is 34.3. The molecule has 0 aliphatic rings. The van der Waals surface area contributed by atoms with E-state index in [1.54, 1.807) is 4.72 Å². The standard InChI is InChI=1S/C3H9NO4S/c1-3(8-2)4-9(5,6)7/h3-4H,1-2H3,(H,5,6,7). The second-order valence-corrected chi connectivity index (χ2v) is 2.66. The van der Waals surface area contributed by atoms with E-state index in [0.717, 1.165) is 0 Å². The zero-order valence-corrected chi connectivity index (χ0v) is 5.97. The summed E-state index contributed by atoms with van der Waals surface area (Å²) >= 11 is 0. The summed E-state index contributed by atoms with van der Waals surface area (Å²) in [6.07, 6.45) is -0.694. The predicted octanol–water partition coefficient (Wildman–Crippen LogP) is -0.629. The molecule has 1 unspecified atom stereocenters. The van der Waals surface area contributed by atoms with Gasteiger partial charge in [-0.15, -0.1) is 0 Å². The van der Waals surface area contributed by atoms with Crippen LogP contribution >= 0.6 is 0 Å². The van der Waals surface area contributed by atoms with Crippen LogP contribution < -0.4 is 4.72 Å². The molecule has 56 valence electrons. The molecule has 0 saturated heterocycles. The van der Waals surface area contributed by atoms with E-state index in [1.807, 2.05) is 0 Å². The maximum atomic E-state index is 9.96. The third kappa shape index (κ3) is 5.71. The van der Waals surface area contributed by atoms with E-state index in [2.05, 4.69) is 4.74 Å². The molecule has 0 fully saturated rings. The van der Waals surface area contributed by atoms with E-state index in [-0.39, 0.29) is 0 Å². The molecule has 0 aromatic rings. The first-order valence-electron chi connectivity index (χ1n) is 2.23. The van der Waals surface area contributed by atoms with Gasteiger partial charge in [0.2, 0.25) is 0 Å². The van der Waals surface area contributed by atoms with Crippen molar-refractivity contribution in [2.75, 3.05) is 7.11 Å². The fourth-order valence-electron chi connectivity index (χ4n) is 0.258. The fourth-order valence-corrected chi connectivity index (χ4v) is 0.774. The summed E-state index contributed by atoms with van der Waals surface area (Å²) in [6.45, 7) is 1.45. The quantitative estimate of drug-likeness (QED) is 0.420. The molecule has 0 aliphatic heterocycles. The van der Waals surface area contributed by atoms with Gasteiger partial charge in [0.1, 0.15) is 6.23 Å². The topological polar surface area (TPSA) is 75.6 Å². The molecule has 0 aliphatic carbocycles. The molecule has 0 radical (unpaired) electrons. The maximum Gasteiger partial charge on any atom is 0.335 e. The van der Waals surface area contributed by atoms with Crippen molar-refractivity contribution in [2.45, 2.75) is 13.2 Å². The second-order valence-electron chi connectivity index (χ2n) is 1.47. The summed E-state index contributed by atoms with van der Waals surface area (Å²) in [5.41, 5.74) is 0. The Morgan fingerprint density at radius 3 is 2.22 bits per heavy atom. The van der Waals surface area contributed by atoms with Crippen LogP contribution in [0.4, 0.5) is 0 Å². The van der Waals surface area contributed by atoms with Crippen LogP contribution in [0.15, 0.2) is 0 Å². The Kier molecular flexibility index (Phi) is 3.06. The van der Waals surface area contributed by atoms with Crippen LogP contribution in [-0.4, -0.2) is 26.3 Å². The van der Waals surface area contributed by atoms with Gasteiger partial charge in [0.15, 0.2) is 0 Å². The number of rotatable bonds is 3. The predicted molar refractivity (Wildman–Crippen MR) is 31.2 cm³/mol. The van der Waals surface area contributed by atoms with Gasteiger partial charge in [-0.1, -0.05) is 0 Å². The summed E-state index contributed by atoms with van der Waals surface area (Å²) in [7, 11) is -2.79. The molecule has 0 spiro atoms. The van der Waals surface area contributed by atoms with Gasteiger partial charge in [-0.2, -0.15) is 13.1 Å². The molecule has 0 rings (SSSR count). The molecule has 0 saturated carbocycles. The molecular weight excluding hydrogens is 146 g/mol. The van der Waals surface area contributed by atoms with Crippen molar-refractivity contribution < 1.29 is 17.7 Å². The van der Waals surface area contributed by atoms with E-state index in [9.17, 15) is 8.42 Å². The Bertz CT molecular complexity index is 163. The lowest BCUT2D eigenvalue weighted by Crippen LogP contribution is -2.32. The minimum absolute atomic E-state index is 0.694. The van der Waals surface area contributed by atoms with Crippen molar-refractivity contribution in [1.29, 1.82) is 0 Å². The third-order valence-corrected chi connectivity index (χ3v) is 1.30. The summed E-state index contributed by atoms with van der Waals surface area (Å²) in [4.78, 5) is 0. The normalized spacial score (nSPS) is 15.4. The molecule has 5 nitrogen and oxygen atoms in total. The van der Waals surface area contributed by atoms with Gasteiger partial charge in [-0.05, 0) is 6.92 Å². The minimum Gasteiger partial charge on any atom is -0.366 e. The molecule has 0 amide bonds. The number of hydrogen-bond donors (Lipinski definition) is 2. The first-order valence-corrected chi connectivity index (χ1v) is 3.67. The van der Waals surface area contributed by atoms with Crippen LogP contribution in [0.25, 0.3) is 0 Å². The Morgan fingerprint density at radius 2 is 2.11 bits per heavy atom. The highest BCUT2D eigenvalue weighted by molar-refractivity contribution is 7.83. The number of hydrogen-bond acceptors (Lipinski definition) is 3. The van der Waals surface area contributed by atoms with Crippen molar-refractivity contribution in [1.82, 2.24) is 4.72 Å². The van der Waals surface area contributed by atoms with Crippen LogP contribution in [-0.2, 0) is 15.0 Å². The van der Waals surface area contributed by atoms with Crippen LogP contribution in [0.1, 0.15) is 6.92 Å². The van der Waals surface area contributed by atoms with E-state index < -0.39 is 16.5 Å². The average molecular weight is 155 g/mol. The fraction of sp³-hybridized carbons (Fsp3) is 1.00. The summed E-state index contributed by atoms with van der Waals surface area (Å²) in [5.74, 6) is 0. The molecule has 6 heteroatoms. The molecule has 0 heterocycles. The Hall–Kier alpha value is -0.170. The Labute approximate surface area is 53.9 Å². The van der Waals surface area contributed by atoms with Gasteiger partial charge in [-0.25, -0.2) is 0 Å². The van der Waals surface area contributed by atoms with Gasteiger partial charge in [-0.3, -0.25) is 4.55 Å². The molecule has 0 aromatic heterocycles. The first kappa shape index (κ1) is 8.83. The second kappa shape index (κ2) is 3.11. The Morgan fingerprint density at radius 1 is 1.67 bits per heavy atom. The van der Waals surface area contributed by atoms with Crippen molar-refractivity contribution in [3.8, 4) is 0 Å². The molecule has 0 bridgehead atoms. The smallest absolute Gasteiger partial charge is 0.335 e. The van der Waals surface area contributed by atoms with Crippen LogP contribution in [0.3, 0.4) is 0 Å². The van der Waals surface area contributed by atoms with Gasteiger partial charge in [0.25, 0.3) is 0 Å². The van der Waals surface area contributed by atoms with E-state index in [0.29, 0.717) is 0 Å². The molecule has 9 heavy (non-hydrogen) atoms. The number of ether oxygens (including phenoxy) is 1. The summed E-state index contributed by atoms with van der Waals surface area (Å²) in [6, 6.07) is 0. The van der Waals surface area contributed by atoms with Gasteiger partial charge in [0.05, 0.1) is 0 Å². The first-order chi connectivity index (χ1) is 3.95. The average Bonchev–Trinajstić information content (AvgIpc) is 1.62. The maximum absolute atomic E-state index is 9.96. The van der Waals surface area contributed by atoms with Crippen molar-refractivity contribution in [3.05, 3.63) is 0 Å². The zero-order chi connectivity index (χ0) is 7.49. The van der Waals surface area contributed by atoms with Crippen LogP contribution in [0.5, 0.6) is 0 Å². The number of nitrogens with one attached hydrogen (secondary N) is 1. The highest BCUT2D eigenvalue weighted by atomic mass is 32.2. The molecule has 0 aromatic carbocycles. The zero-order valence-electron chi connectivity index (χ0n) is 5.16. The lowest BCUT2D eigenvalue weighted by Gasteiger charge is -2.06. The monoisotopic (exact) mass is 155 g/mol. The largest absolute Gasteiger partial charge is 0.366 e. The SMILES string of the molecule is COC(C)NS(=O)(=O)O. The third-order valence-electron chi connectivity index (χ3n) is 0.668. The van der Waals surface area contributed by atoms with E-state index >= 15 is 0 Å². The lowest BCUT2D eigenvalue weighted by atomic mass is 10.7. The van der Waals surface area contributed by atoms with Crippen LogP contribution in [0, 0.1) is 0 Å². The Balaban J connectivity index is 3.75. The molecule has 2 N–H and O–H groups in total. The molecular formula is C3H9NO4S. The van der Waals surface area contributed by atoms with Gasteiger partial charge < -0.3 is 4.74 Å². The van der Waals surface area contributed by atoms with Crippen molar-refractivity contribution in [2.24, 2.45) is 0 Å². The van der Waals surface area contributed by atoms with Crippen LogP contribution in [0.2, 0.25) is 0 Å². The minimum atomic E-state index is -4.11. The van der Waals surface area contributed by atoms with E-state index in [4.69, 9.17) is 4.55 Å². The highest BCUT2D eigenvalue weighted by Gasteiger charge is 2.07. The molecule has 1 atom stereocenters. The van der Waals surface area contributed by atoms with E-state index in [1.165, 1.54) is 14.0 Å². The van der Waals surface area contributed by atoms with Crippen molar-refractivity contribution >= 4 is 10.3 Å². The van der Waals surface area contributed by atoms with Crippen molar-refractivity contribution in [3.63, 3.8) is 0 Å².